The molecule has 0 aliphatic rings. The Balaban J connectivity index is 2.77. The first kappa shape index (κ1) is 12.4. The highest BCUT2D eigenvalue weighted by molar-refractivity contribution is 5.53. The van der Waals surface area contributed by atoms with E-state index in [0.717, 1.165) is 5.69 Å². The molecule has 1 aromatic carbocycles. The van der Waals surface area contributed by atoms with Gasteiger partial charge < -0.3 is 10.4 Å². The number of hydrogen-bond acceptors (Lipinski definition) is 4. The minimum Gasteiger partial charge on any atom is -0.396 e. The lowest BCUT2D eigenvalue weighted by Gasteiger charge is -2.14. The molecule has 1 rings (SSSR count). The summed E-state index contributed by atoms with van der Waals surface area (Å²) in [7, 11) is 0. The zero-order valence-electron chi connectivity index (χ0n) is 9.43. The second-order valence-corrected chi connectivity index (χ2v) is 3.82. The smallest absolute Gasteiger partial charge is 0.272 e. The second-order valence-electron chi connectivity index (χ2n) is 3.82. The molecule has 5 heteroatoms. The molecule has 16 heavy (non-hydrogen) atoms. The highest BCUT2D eigenvalue weighted by Crippen LogP contribution is 2.22. The Labute approximate surface area is 94.3 Å². The summed E-state index contributed by atoms with van der Waals surface area (Å²) in [4.78, 5) is 10.2. The van der Waals surface area contributed by atoms with Gasteiger partial charge in [0.15, 0.2) is 0 Å². The maximum Gasteiger partial charge on any atom is 0.272 e. The van der Waals surface area contributed by atoms with Crippen molar-refractivity contribution in [3.63, 3.8) is 0 Å². The van der Waals surface area contributed by atoms with Gasteiger partial charge in [-0.2, -0.15) is 0 Å². The van der Waals surface area contributed by atoms with Crippen molar-refractivity contribution in [2.45, 2.75) is 26.3 Å². The molecule has 2 N–H and O–H groups in total. The Bertz CT molecular complexity index is 379. The molecule has 0 bridgehead atoms. The fourth-order valence-corrected chi connectivity index (χ4v) is 1.50. The average molecular weight is 224 g/mol. The van der Waals surface area contributed by atoms with Gasteiger partial charge in [-0.3, -0.25) is 10.1 Å². The van der Waals surface area contributed by atoms with E-state index < -0.39 is 4.92 Å². The van der Waals surface area contributed by atoms with Gasteiger partial charge in [-0.1, -0.05) is 0 Å². The quantitative estimate of drug-likeness (QED) is 0.593. The molecule has 0 aliphatic carbocycles. The van der Waals surface area contributed by atoms with Crippen LogP contribution in [0.5, 0.6) is 0 Å². The number of aliphatic hydroxyl groups is 1. The summed E-state index contributed by atoms with van der Waals surface area (Å²) in [5, 5.41) is 22.5. The third-order valence-corrected chi connectivity index (χ3v) is 2.37. The van der Waals surface area contributed by atoms with E-state index in [4.69, 9.17) is 5.11 Å². The van der Waals surface area contributed by atoms with Crippen LogP contribution in [0.2, 0.25) is 0 Å². The lowest BCUT2D eigenvalue weighted by atomic mass is 10.1. The summed E-state index contributed by atoms with van der Waals surface area (Å²) >= 11 is 0. The minimum atomic E-state index is -0.393. The summed E-state index contributed by atoms with van der Waals surface area (Å²) in [5.74, 6) is 0. The Morgan fingerprint density at radius 3 is 2.75 bits per heavy atom. The average Bonchev–Trinajstić information content (AvgIpc) is 2.17. The van der Waals surface area contributed by atoms with Gasteiger partial charge in [-0.15, -0.1) is 0 Å². The number of nitrogens with zero attached hydrogens (tertiary/aromatic N) is 1. The molecule has 0 heterocycles. The van der Waals surface area contributed by atoms with E-state index in [1.807, 2.05) is 6.92 Å². The number of benzene rings is 1. The molecule has 0 radical (unpaired) electrons. The van der Waals surface area contributed by atoms with Crippen molar-refractivity contribution in [2.24, 2.45) is 0 Å². The molecular formula is C11H16N2O3. The highest BCUT2D eigenvalue weighted by atomic mass is 16.6. The third kappa shape index (κ3) is 3.20. The van der Waals surface area contributed by atoms with E-state index >= 15 is 0 Å². The topological polar surface area (TPSA) is 75.4 Å². The first-order valence-corrected chi connectivity index (χ1v) is 5.17. The number of nitro benzene ring substituents is 1. The number of nitro groups is 1. The lowest BCUT2D eigenvalue weighted by Crippen LogP contribution is -2.16. The van der Waals surface area contributed by atoms with E-state index in [9.17, 15) is 10.1 Å². The van der Waals surface area contributed by atoms with Gasteiger partial charge in [0.05, 0.1) is 4.92 Å². The number of rotatable bonds is 5. The van der Waals surface area contributed by atoms with E-state index in [2.05, 4.69) is 5.32 Å². The number of aryl methyl sites for hydroxylation is 1. The lowest BCUT2D eigenvalue weighted by molar-refractivity contribution is -0.385. The normalized spacial score (nSPS) is 12.2. The maximum absolute atomic E-state index is 10.6. The number of hydrogen-bond donors (Lipinski definition) is 2. The standard InChI is InChI=1S/C11H16N2O3/c1-8-7-10(12-9(2)5-6-14)3-4-11(8)13(15)16/h3-4,7,9,12,14H,5-6H2,1-2H3/t9-/m0/s1. The van der Waals surface area contributed by atoms with Gasteiger partial charge in [-0.05, 0) is 32.4 Å². The molecule has 0 saturated heterocycles. The SMILES string of the molecule is Cc1cc(N[C@@H](C)CCO)ccc1[N+](=O)[O-]. The van der Waals surface area contributed by atoms with Gasteiger partial charge in [0.1, 0.15) is 0 Å². The molecule has 5 nitrogen and oxygen atoms in total. The van der Waals surface area contributed by atoms with Gasteiger partial charge in [0, 0.05) is 30.0 Å². The predicted molar refractivity (Wildman–Crippen MR) is 62.6 cm³/mol. The van der Waals surface area contributed by atoms with Crippen LogP contribution in [0, 0.1) is 17.0 Å². The Kier molecular flexibility index (Phi) is 4.25. The summed E-state index contributed by atoms with van der Waals surface area (Å²) in [5.41, 5.74) is 1.59. The fourth-order valence-electron chi connectivity index (χ4n) is 1.50. The summed E-state index contributed by atoms with van der Waals surface area (Å²) in [6.07, 6.45) is 0.649. The zero-order chi connectivity index (χ0) is 12.1. The van der Waals surface area contributed by atoms with Crippen LogP contribution in [-0.4, -0.2) is 22.7 Å². The van der Waals surface area contributed by atoms with E-state index in [-0.39, 0.29) is 18.3 Å². The van der Waals surface area contributed by atoms with Gasteiger partial charge in [0.2, 0.25) is 0 Å². The highest BCUT2D eigenvalue weighted by Gasteiger charge is 2.10. The van der Waals surface area contributed by atoms with Crippen LogP contribution in [0.4, 0.5) is 11.4 Å². The van der Waals surface area contributed by atoms with Crippen LogP contribution in [0.15, 0.2) is 18.2 Å². The van der Waals surface area contributed by atoms with E-state index in [0.29, 0.717) is 12.0 Å². The van der Waals surface area contributed by atoms with Gasteiger partial charge in [-0.25, -0.2) is 0 Å². The Hall–Kier alpha value is -1.62. The molecule has 0 unspecified atom stereocenters. The van der Waals surface area contributed by atoms with Crippen molar-refractivity contribution in [1.29, 1.82) is 0 Å². The molecule has 0 amide bonds. The third-order valence-electron chi connectivity index (χ3n) is 2.37. The molecule has 88 valence electrons. The Morgan fingerprint density at radius 1 is 1.56 bits per heavy atom. The number of aliphatic hydroxyl groups excluding tert-OH is 1. The minimum absolute atomic E-state index is 0.125. The largest absolute Gasteiger partial charge is 0.396 e. The van der Waals surface area contributed by atoms with Crippen LogP contribution in [0.3, 0.4) is 0 Å². The van der Waals surface area contributed by atoms with Crippen molar-refractivity contribution in [3.8, 4) is 0 Å². The molecular weight excluding hydrogens is 208 g/mol. The molecule has 0 aliphatic heterocycles. The van der Waals surface area contributed by atoms with Crippen molar-refractivity contribution in [3.05, 3.63) is 33.9 Å². The number of nitrogens with one attached hydrogen (secondary N) is 1. The number of anilines is 1. The van der Waals surface area contributed by atoms with Crippen molar-refractivity contribution >= 4 is 11.4 Å². The van der Waals surface area contributed by atoms with Gasteiger partial charge >= 0.3 is 0 Å². The molecule has 0 fully saturated rings. The van der Waals surface area contributed by atoms with Crippen LogP contribution >= 0.6 is 0 Å². The monoisotopic (exact) mass is 224 g/mol. The van der Waals surface area contributed by atoms with Crippen molar-refractivity contribution in [1.82, 2.24) is 0 Å². The summed E-state index contributed by atoms with van der Waals surface area (Å²) in [6, 6.07) is 5.06. The zero-order valence-corrected chi connectivity index (χ0v) is 9.43. The van der Waals surface area contributed by atoms with Crippen LogP contribution < -0.4 is 5.32 Å². The van der Waals surface area contributed by atoms with Crippen LogP contribution in [-0.2, 0) is 0 Å². The van der Waals surface area contributed by atoms with Gasteiger partial charge in [0.25, 0.3) is 5.69 Å². The van der Waals surface area contributed by atoms with E-state index in [1.54, 1.807) is 19.1 Å². The fraction of sp³-hybridized carbons (Fsp3) is 0.455. The van der Waals surface area contributed by atoms with E-state index in [1.165, 1.54) is 6.07 Å². The molecule has 0 saturated carbocycles. The summed E-state index contributed by atoms with van der Waals surface area (Å²) < 4.78 is 0. The first-order valence-electron chi connectivity index (χ1n) is 5.17. The van der Waals surface area contributed by atoms with Crippen LogP contribution in [0.1, 0.15) is 18.9 Å². The van der Waals surface area contributed by atoms with Crippen LogP contribution in [0.25, 0.3) is 0 Å². The maximum atomic E-state index is 10.6. The molecule has 0 aromatic heterocycles. The van der Waals surface area contributed by atoms with Crippen molar-refractivity contribution in [2.75, 3.05) is 11.9 Å². The first-order chi connectivity index (χ1) is 7.54. The molecule has 1 atom stereocenters. The molecule has 0 spiro atoms. The van der Waals surface area contributed by atoms with Crippen molar-refractivity contribution < 1.29 is 10.0 Å². The molecule has 1 aromatic rings. The Morgan fingerprint density at radius 2 is 2.25 bits per heavy atom. The second kappa shape index (κ2) is 5.46. The predicted octanol–water partition coefficient (Wildman–Crippen LogP) is 2.09. The summed E-state index contributed by atoms with van der Waals surface area (Å²) in [6.45, 7) is 3.78.